The smallest absolute Gasteiger partial charge is 0.342 e. The number of nitrogens with one attached hydrogen (secondary N) is 4. The van der Waals surface area contributed by atoms with Gasteiger partial charge in [-0.05, 0) is 12.1 Å². The summed E-state index contributed by atoms with van der Waals surface area (Å²) in [5.41, 5.74) is 1.33. The van der Waals surface area contributed by atoms with Crippen molar-refractivity contribution in [3.8, 4) is 0 Å². The molecule has 0 atom stereocenters. The fraction of sp³-hybridized carbons (Fsp3) is 0.0833. The van der Waals surface area contributed by atoms with Gasteiger partial charge < -0.3 is 5.32 Å². The minimum Gasteiger partial charge on any atom is -0.355 e. The first kappa shape index (κ1) is 16.7. The van der Waals surface area contributed by atoms with Gasteiger partial charge in [-0.2, -0.15) is 5.10 Å². The van der Waals surface area contributed by atoms with Crippen molar-refractivity contribution < 1.29 is 4.79 Å². The van der Waals surface area contributed by atoms with E-state index in [4.69, 9.17) is 23.2 Å². The second kappa shape index (κ2) is 7.56. The number of nitrogens with zero attached hydrogens (tertiary/aromatic N) is 2. The molecule has 23 heavy (non-hydrogen) atoms. The second-order valence-electron chi connectivity index (χ2n) is 4.17. The lowest BCUT2D eigenvalue weighted by atomic mass is 10.2. The van der Waals surface area contributed by atoms with E-state index in [1.807, 2.05) is 10.1 Å². The molecule has 0 bridgehead atoms. The van der Waals surface area contributed by atoms with Gasteiger partial charge in [0.2, 0.25) is 5.82 Å². The topological polar surface area (TPSA) is 132 Å². The summed E-state index contributed by atoms with van der Waals surface area (Å²) in [6.45, 7) is -0.270. The molecule has 120 valence electrons. The van der Waals surface area contributed by atoms with Crippen molar-refractivity contribution in [3.05, 3.63) is 54.6 Å². The van der Waals surface area contributed by atoms with Crippen molar-refractivity contribution in [1.82, 2.24) is 20.6 Å². The van der Waals surface area contributed by atoms with Gasteiger partial charge in [0, 0.05) is 10.6 Å². The number of hydrogen-bond acceptors (Lipinski definition) is 6. The van der Waals surface area contributed by atoms with Crippen LogP contribution in [0.15, 0.2) is 32.9 Å². The molecule has 0 aliphatic rings. The predicted molar refractivity (Wildman–Crippen MR) is 86.2 cm³/mol. The Morgan fingerprint density at radius 1 is 1.35 bits per heavy atom. The van der Waals surface area contributed by atoms with E-state index in [1.165, 1.54) is 6.21 Å². The predicted octanol–water partition coefficient (Wildman–Crippen LogP) is 0.327. The molecule has 0 spiro atoms. The molecule has 9 nitrogen and oxygen atoms in total. The highest BCUT2D eigenvalue weighted by Crippen LogP contribution is 2.19. The van der Waals surface area contributed by atoms with Gasteiger partial charge in [-0.3, -0.25) is 14.6 Å². The minimum atomic E-state index is -0.741. The van der Waals surface area contributed by atoms with Crippen LogP contribution in [-0.4, -0.2) is 33.8 Å². The van der Waals surface area contributed by atoms with Crippen molar-refractivity contribution in [1.29, 1.82) is 0 Å². The van der Waals surface area contributed by atoms with Gasteiger partial charge in [-0.15, -0.1) is 5.10 Å². The Labute approximate surface area is 138 Å². The number of H-pyrrole nitrogens is 2. The number of aromatic amines is 2. The quantitative estimate of drug-likeness (QED) is 0.452. The third kappa shape index (κ3) is 4.94. The van der Waals surface area contributed by atoms with E-state index in [0.29, 0.717) is 15.6 Å². The molecule has 0 aliphatic heterocycles. The number of halogens is 2. The fourth-order valence-electron chi connectivity index (χ4n) is 1.45. The third-order valence-corrected chi connectivity index (χ3v) is 3.05. The molecule has 0 saturated carbocycles. The number of amides is 1. The molecule has 2 rings (SSSR count). The van der Waals surface area contributed by atoms with E-state index in [1.54, 1.807) is 18.2 Å². The summed E-state index contributed by atoms with van der Waals surface area (Å²) in [6.07, 6.45) is 1.35. The summed E-state index contributed by atoms with van der Waals surface area (Å²) >= 11 is 11.7. The molecule has 2 aromatic rings. The second-order valence-corrected chi connectivity index (χ2v) is 5.01. The van der Waals surface area contributed by atoms with Crippen molar-refractivity contribution in [2.45, 2.75) is 0 Å². The van der Waals surface area contributed by atoms with E-state index in [2.05, 4.69) is 20.9 Å². The van der Waals surface area contributed by atoms with Crippen LogP contribution < -0.4 is 22.0 Å². The van der Waals surface area contributed by atoms with Crippen LogP contribution in [0.2, 0.25) is 10.0 Å². The van der Waals surface area contributed by atoms with Crippen molar-refractivity contribution in [2.75, 3.05) is 11.9 Å². The summed E-state index contributed by atoms with van der Waals surface area (Å²) in [7, 11) is 0. The Morgan fingerprint density at radius 2 is 2.13 bits per heavy atom. The number of rotatable bonds is 5. The van der Waals surface area contributed by atoms with Crippen LogP contribution in [-0.2, 0) is 4.79 Å². The SMILES string of the molecule is O=C(CNc1n[nH]c(=O)[nH]c1=O)NN=Cc1ccc(Cl)cc1Cl. The van der Waals surface area contributed by atoms with Crippen LogP contribution in [0.25, 0.3) is 0 Å². The Bertz CT molecular complexity index is 860. The first-order chi connectivity index (χ1) is 11.0. The third-order valence-electron chi connectivity index (χ3n) is 2.48. The summed E-state index contributed by atoms with van der Waals surface area (Å²) in [4.78, 5) is 35.6. The number of hydrogen-bond donors (Lipinski definition) is 4. The highest BCUT2D eigenvalue weighted by Gasteiger charge is 2.05. The molecule has 0 unspecified atom stereocenters. The van der Waals surface area contributed by atoms with E-state index in [9.17, 15) is 14.4 Å². The molecule has 0 aliphatic carbocycles. The molecular weight excluding hydrogens is 347 g/mol. The van der Waals surface area contributed by atoms with Gasteiger partial charge in [0.05, 0.1) is 17.8 Å². The zero-order chi connectivity index (χ0) is 16.8. The lowest BCUT2D eigenvalue weighted by Crippen LogP contribution is -2.31. The van der Waals surface area contributed by atoms with E-state index in [0.717, 1.165) is 0 Å². The molecule has 11 heteroatoms. The minimum absolute atomic E-state index is 0.190. The molecule has 0 radical (unpaired) electrons. The van der Waals surface area contributed by atoms with Gasteiger partial charge in [0.25, 0.3) is 11.5 Å². The number of hydrazone groups is 1. The lowest BCUT2D eigenvalue weighted by Gasteiger charge is -2.02. The number of carbonyl (C=O) groups excluding carboxylic acids is 1. The van der Waals surface area contributed by atoms with Crippen molar-refractivity contribution >= 4 is 41.1 Å². The number of anilines is 1. The molecule has 1 amide bonds. The van der Waals surface area contributed by atoms with E-state index < -0.39 is 17.2 Å². The van der Waals surface area contributed by atoms with Crippen molar-refractivity contribution in [2.24, 2.45) is 5.10 Å². The summed E-state index contributed by atoms with van der Waals surface area (Å²) in [5, 5.41) is 12.5. The van der Waals surface area contributed by atoms with E-state index >= 15 is 0 Å². The van der Waals surface area contributed by atoms with Crippen molar-refractivity contribution in [3.63, 3.8) is 0 Å². The Balaban J connectivity index is 1.88. The van der Waals surface area contributed by atoms with E-state index in [-0.39, 0.29) is 12.4 Å². The monoisotopic (exact) mass is 356 g/mol. The summed E-state index contributed by atoms with van der Waals surface area (Å²) < 4.78 is 0. The van der Waals surface area contributed by atoms with Gasteiger partial charge in [0.1, 0.15) is 0 Å². The van der Waals surface area contributed by atoms with Crippen LogP contribution in [0, 0.1) is 0 Å². The number of benzene rings is 1. The largest absolute Gasteiger partial charge is 0.355 e. The van der Waals surface area contributed by atoms with Gasteiger partial charge >= 0.3 is 5.69 Å². The van der Waals surface area contributed by atoms with Crippen LogP contribution in [0.4, 0.5) is 5.82 Å². The molecule has 0 saturated heterocycles. The van der Waals surface area contributed by atoms with Crippen LogP contribution in [0.5, 0.6) is 0 Å². The summed E-state index contributed by atoms with van der Waals surface area (Å²) in [6, 6.07) is 4.82. The summed E-state index contributed by atoms with van der Waals surface area (Å²) in [5.74, 6) is -0.719. The number of carbonyl (C=O) groups is 1. The highest BCUT2D eigenvalue weighted by molar-refractivity contribution is 6.36. The number of aromatic nitrogens is 3. The first-order valence-corrected chi connectivity index (χ1v) is 6.91. The van der Waals surface area contributed by atoms with Crippen LogP contribution in [0.1, 0.15) is 5.56 Å². The maximum absolute atomic E-state index is 11.6. The van der Waals surface area contributed by atoms with Gasteiger partial charge in [0.15, 0.2) is 0 Å². The normalized spacial score (nSPS) is 10.7. The van der Waals surface area contributed by atoms with Gasteiger partial charge in [-0.25, -0.2) is 15.3 Å². The average molecular weight is 357 g/mol. The molecule has 1 heterocycles. The lowest BCUT2D eigenvalue weighted by molar-refractivity contribution is -0.119. The molecule has 0 fully saturated rings. The van der Waals surface area contributed by atoms with Crippen LogP contribution >= 0.6 is 23.2 Å². The first-order valence-electron chi connectivity index (χ1n) is 6.15. The molecular formula is C12H10Cl2N6O3. The average Bonchev–Trinajstić information content (AvgIpc) is 2.48. The Kier molecular flexibility index (Phi) is 5.50. The van der Waals surface area contributed by atoms with Crippen LogP contribution in [0.3, 0.4) is 0 Å². The molecule has 1 aromatic carbocycles. The molecule has 4 N–H and O–H groups in total. The maximum Gasteiger partial charge on any atom is 0.342 e. The highest BCUT2D eigenvalue weighted by atomic mass is 35.5. The Morgan fingerprint density at radius 3 is 2.83 bits per heavy atom. The van der Waals surface area contributed by atoms with Gasteiger partial charge in [-0.1, -0.05) is 29.3 Å². The molecule has 1 aromatic heterocycles. The Hall–Kier alpha value is -2.65. The zero-order valence-electron chi connectivity index (χ0n) is 11.4. The fourth-order valence-corrected chi connectivity index (χ4v) is 1.91. The zero-order valence-corrected chi connectivity index (χ0v) is 12.9. The maximum atomic E-state index is 11.6. The standard InChI is InChI=1S/C12H10Cl2N6O3/c13-7-2-1-6(8(14)3-7)4-16-18-9(21)5-15-10-11(22)17-12(23)20-19-10/h1-4H,5H2,(H,15,19)(H,18,21)(H2,17,20,22,23).